The quantitative estimate of drug-likeness (QED) is 0.405. The van der Waals surface area contributed by atoms with Crippen LogP contribution in [0, 0.1) is 5.92 Å². The summed E-state index contributed by atoms with van der Waals surface area (Å²) in [6.07, 6.45) is 3.52. The number of carbonyl (C=O) groups is 3. The van der Waals surface area contributed by atoms with Gasteiger partial charge < -0.3 is 9.64 Å². The summed E-state index contributed by atoms with van der Waals surface area (Å²) in [5.41, 5.74) is 0.0782. The highest BCUT2D eigenvalue weighted by Gasteiger charge is 2.67. The molecule has 3 atom stereocenters. The van der Waals surface area contributed by atoms with Crippen molar-refractivity contribution in [3.8, 4) is 0 Å². The van der Waals surface area contributed by atoms with Crippen molar-refractivity contribution in [1.82, 2.24) is 4.90 Å². The molecule has 1 spiro atoms. The molecule has 2 aromatic carbocycles. The van der Waals surface area contributed by atoms with Crippen LogP contribution in [0.2, 0.25) is 0 Å². The number of thioether (sulfide) groups is 1. The van der Waals surface area contributed by atoms with Gasteiger partial charge in [-0.1, -0.05) is 54.6 Å². The summed E-state index contributed by atoms with van der Waals surface area (Å²) in [5, 5.41) is -0.284. The molecule has 1 amide bonds. The molecule has 1 saturated heterocycles. The SMILES string of the molecule is CCOC(=O)[C@H]1C(=O)N(Cc2ccccc2)[C@@]12C=CC(=O)C[C@H]2Sc1ccccc1. The van der Waals surface area contributed by atoms with Crippen LogP contribution in [-0.2, 0) is 25.7 Å². The van der Waals surface area contributed by atoms with Gasteiger partial charge in [-0.05, 0) is 30.7 Å². The molecule has 0 unspecified atom stereocenters. The van der Waals surface area contributed by atoms with Crippen molar-refractivity contribution in [3.05, 3.63) is 78.4 Å². The molecular formula is C24H23NO4S. The maximum absolute atomic E-state index is 13.1. The van der Waals surface area contributed by atoms with E-state index in [0.717, 1.165) is 10.5 Å². The van der Waals surface area contributed by atoms with Crippen LogP contribution in [0.15, 0.2) is 77.7 Å². The highest BCUT2D eigenvalue weighted by atomic mass is 32.2. The van der Waals surface area contributed by atoms with Gasteiger partial charge >= 0.3 is 5.97 Å². The van der Waals surface area contributed by atoms with Crippen LogP contribution in [0.25, 0.3) is 0 Å². The van der Waals surface area contributed by atoms with E-state index in [1.807, 2.05) is 60.7 Å². The minimum absolute atomic E-state index is 0.00400. The zero-order valence-corrected chi connectivity index (χ0v) is 17.5. The average Bonchev–Trinajstić information content (AvgIpc) is 2.75. The Kier molecular flexibility index (Phi) is 5.77. The Morgan fingerprint density at radius 1 is 1.10 bits per heavy atom. The maximum atomic E-state index is 13.1. The standard InChI is InChI=1S/C24H23NO4S/c1-2-29-23(28)21-22(27)25(16-17-9-5-3-6-10-17)24(21)14-13-18(26)15-20(24)30-19-11-7-4-8-12-19/h3-14,20-21H,2,15-16H2,1H3/t20-,21-,24-/m1/s1. The van der Waals surface area contributed by atoms with Crippen molar-refractivity contribution in [2.45, 2.75) is 35.6 Å². The zero-order chi connectivity index (χ0) is 21.1. The monoisotopic (exact) mass is 421 g/mol. The van der Waals surface area contributed by atoms with E-state index in [1.165, 1.54) is 17.8 Å². The van der Waals surface area contributed by atoms with Crippen molar-refractivity contribution < 1.29 is 19.1 Å². The van der Waals surface area contributed by atoms with Gasteiger partial charge in [-0.3, -0.25) is 14.4 Å². The summed E-state index contributed by atoms with van der Waals surface area (Å²) in [7, 11) is 0. The second kappa shape index (κ2) is 8.48. The number of rotatable bonds is 6. The first kappa shape index (κ1) is 20.4. The number of amides is 1. The molecule has 0 radical (unpaired) electrons. The molecule has 0 aromatic heterocycles. The van der Waals surface area contributed by atoms with Crippen LogP contribution in [-0.4, -0.2) is 40.0 Å². The number of hydrogen-bond donors (Lipinski definition) is 0. The Morgan fingerprint density at radius 2 is 1.77 bits per heavy atom. The van der Waals surface area contributed by atoms with E-state index in [-0.39, 0.29) is 30.0 Å². The van der Waals surface area contributed by atoms with E-state index in [9.17, 15) is 14.4 Å². The molecule has 1 heterocycles. The summed E-state index contributed by atoms with van der Waals surface area (Å²) in [6, 6.07) is 19.4. The van der Waals surface area contributed by atoms with Crippen molar-refractivity contribution in [2.75, 3.05) is 6.61 Å². The Labute approximate surface area is 180 Å². The number of allylic oxidation sites excluding steroid dienone is 1. The van der Waals surface area contributed by atoms with Gasteiger partial charge in [-0.15, -0.1) is 11.8 Å². The van der Waals surface area contributed by atoms with Gasteiger partial charge in [-0.25, -0.2) is 0 Å². The number of hydrogen-bond acceptors (Lipinski definition) is 5. The number of ether oxygens (including phenoxy) is 1. The molecule has 154 valence electrons. The van der Waals surface area contributed by atoms with Crippen molar-refractivity contribution in [2.24, 2.45) is 5.92 Å². The average molecular weight is 422 g/mol. The summed E-state index contributed by atoms with van der Waals surface area (Å²) < 4.78 is 5.25. The molecule has 30 heavy (non-hydrogen) atoms. The van der Waals surface area contributed by atoms with E-state index in [1.54, 1.807) is 17.9 Å². The number of carbonyl (C=O) groups excluding carboxylic acids is 3. The molecule has 5 nitrogen and oxygen atoms in total. The summed E-state index contributed by atoms with van der Waals surface area (Å²) in [5.74, 6) is -1.72. The first-order valence-corrected chi connectivity index (χ1v) is 10.9. The molecule has 6 heteroatoms. The molecule has 1 fully saturated rings. The summed E-state index contributed by atoms with van der Waals surface area (Å²) >= 11 is 1.53. The number of β-lactam (4-membered cyclic amide) rings is 1. The van der Waals surface area contributed by atoms with Crippen LogP contribution in [0.3, 0.4) is 0 Å². The lowest BCUT2D eigenvalue weighted by Crippen LogP contribution is -2.76. The number of esters is 1. The first-order chi connectivity index (χ1) is 14.6. The van der Waals surface area contributed by atoms with Gasteiger partial charge in [0.1, 0.15) is 0 Å². The highest BCUT2D eigenvalue weighted by molar-refractivity contribution is 8.00. The molecule has 0 saturated carbocycles. The number of likely N-dealkylation sites (tertiary alicyclic amines) is 1. The Bertz CT molecular complexity index is 975. The van der Waals surface area contributed by atoms with Crippen molar-refractivity contribution in [1.29, 1.82) is 0 Å². The largest absolute Gasteiger partial charge is 0.465 e. The van der Waals surface area contributed by atoms with Crippen molar-refractivity contribution >= 4 is 29.4 Å². The fourth-order valence-electron chi connectivity index (χ4n) is 4.22. The first-order valence-electron chi connectivity index (χ1n) is 10.0. The van der Waals surface area contributed by atoms with E-state index in [4.69, 9.17) is 4.74 Å². The van der Waals surface area contributed by atoms with Gasteiger partial charge in [0.15, 0.2) is 11.7 Å². The maximum Gasteiger partial charge on any atom is 0.321 e. The van der Waals surface area contributed by atoms with Gasteiger partial charge in [-0.2, -0.15) is 0 Å². The minimum atomic E-state index is -0.938. The molecular weight excluding hydrogens is 398 g/mol. The van der Waals surface area contributed by atoms with E-state index < -0.39 is 17.4 Å². The Morgan fingerprint density at radius 3 is 2.43 bits per heavy atom. The third kappa shape index (κ3) is 3.56. The minimum Gasteiger partial charge on any atom is -0.465 e. The Balaban J connectivity index is 1.74. The van der Waals surface area contributed by atoms with Gasteiger partial charge in [0.25, 0.3) is 0 Å². The lowest BCUT2D eigenvalue weighted by atomic mass is 9.67. The van der Waals surface area contributed by atoms with Crippen LogP contribution >= 0.6 is 11.8 Å². The highest BCUT2D eigenvalue weighted by Crippen LogP contribution is 2.51. The van der Waals surface area contributed by atoms with E-state index in [0.29, 0.717) is 6.54 Å². The van der Waals surface area contributed by atoms with Crippen LogP contribution < -0.4 is 0 Å². The van der Waals surface area contributed by atoms with Gasteiger partial charge in [0.05, 0.1) is 12.1 Å². The van der Waals surface area contributed by atoms with Crippen LogP contribution in [0.4, 0.5) is 0 Å². The van der Waals surface area contributed by atoms with Gasteiger partial charge in [0, 0.05) is 23.1 Å². The molecule has 0 N–H and O–H groups in total. The summed E-state index contributed by atoms with van der Waals surface area (Å²) in [6.45, 7) is 2.31. The Hall–Kier alpha value is -2.86. The topological polar surface area (TPSA) is 63.7 Å². The van der Waals surface area contributed by atoms with Crippen molar-refractivity contribution in [3.63, 3.8) is 0 Å². The normalized spacial score (nSPS) is 25.3. The fourth-order valence-corrected chi connectivity index (χ4v) is 5.64. The van der Waals surface area contributed by atoms with E-state index in [2.05, 4.69) is 0 Å². The number of ketones is 1. The molecule has 1 aliphatic carbocycles. The zero-order valence-electron chi connectivity index (χ0n) is 16.7. The lowest BCUT2D eigenvalue weighted by molar-refractivity contribution is -0.182. The lowest BCUT2D eigenvalue weighted by Gasteiger charge is -2.59. The van der Waals surface area contributed by atoms with Crippen LogP contribution in [0.1, 0.15) is 18.9 Å². The second-order valence-corrected chi connectivity index (χ2v) is 8.68. The predicted octanol–water partition coefficient (Wildman–Crippen LogP) is 3.64. The molecule has 2 aromatic rings. The molecule has 1 aliphatic heterocycles. The van der Waals surface area contributed by atoms with E-state index >= 15 is 0 Å². The summed E-state index contributed by atoms with van der Waals surface area (Å²) in [4.78, 5) is 41.0. The van der Waals surface area contributed by atoms with Gasteiger partial charge in [0.2, 0.25) is 5.91 Å². The second-order valence-electron chi connectivity index (χ2n) is 7.41. The number of nitrogens with zero attached hydrogens (tertiary/aromatic N) is 1. The number of benzene rings is 2. The third-order valence-electron chi connectivity index (χ3n) is 5.61. The third-order valence-corrected chi connectivity index (χ3v) is 6.98. The smallest absolute Gasteiger partial charge is 0.321 e. The molecule has 2 aliphatic rings. The van der Waals surface area contributed by atoms with Crippen LogP contribution in [0.5, 0.6) is 0 Å². The fraction of sp³-hybridized carbons (Fsp3) is 0.292. The molecule has 4 rings (SSSR count). The molecule has 0 bridgehead atoms. The predicted molar refractivity (Wildman–Crippen MR) is 115 cm³/mol.